The van der Waals surface area contributed by atoms with Crippen LogP contribution >= 0.6 is 0 Å². The van der Waals surface area contributed by atoms with Gasteiger partial charge in [-0.15, -0.1) is 0 Å². The van der Waals surface area contributed by atoms with Crippen molar-refractivity contribution in [3.05, 3.63) is 148 Å². The molecule has 0 fully saturated rings. The lowest BCUT2D eigenvalue weighted by atomic mass is 9.44. The van der Waals surface area contributed by atoms with Gasteiger partial charge in [0.25, 0.3) is 0 Å². The number of hydrogen-bond donors (Lipinski definition) is 0. The molecule has 5 aliphatic rings. The number of anilines is 3. The second-order valence-corrected chi connectivity index (χ2v) is 19.3. The van der Waals surface area contributed by atoms with Crippen LogP contribution in [0.15, 0.2) is 103 Å². The summed E-state index contributed by atoms with van der Waals surface area (Å²) in [6, 6.07) is 40.8. The van der Waals surface area contributed by atoms with Crippen molar-refractivity contribution in [3.8, 4) is 33.5 Å². The van der Waals surface area contributed by atoms with Gasteiger partial charge in [0.2, 0.25) is 0 Å². The molecule has 3 aliphatic carbocycles. The largest absolute Gasteiger partial charge is 0.375 e. The average molecular weight is 711 g/mol. The lowest BCUT2D eigenvalue weighted by Crippen LogP contribution is -2.57. The first-order valence-corrected chi connectivity index (χ1v) is 20.5. The minimum Gasteiger partial charge on any atom is -0.375 e. The van der Waals surface area contributed by atoms with E-state index in [1.165, 1.54) is 130 Å². The molecule has 3 heteroatoms. The maximum Gasteiger partial charge on any atom is 0.333 e. The molecular weight excluding hydrogens is 663 g/mol. The van der Waals surface area contributed by atoms with Crippen LogP contribution in [0.5, 0.6) is 0 Å². The third-order valence-electron chi connectivity index (χ3n) is 14.8. The summed E-state index contributed by atoms with van der Waals surface area (Å²) in [4.78, 5) is 2.70. The van der Waals surface area contributed by atoms with Gasteiger partial charge in [-0.25, -0.2) is 0 Å². The van der Waals surface area contributed by atoms with E-state index in [1.807, 2.05) is 0 Å². The Morgan fingerprint density at radius 3 is 2.07 bits per heavy atom. The molecule has 2 aliphatic heterocycles. The van der Waals surface area contributed by atoms with Gasteiger partial charge in [0.1, 0.15) is 0 Å². The Hall–Kier alpha value is -5.28. The summed E-state index contributed by atoms with van der Waals surface area (Å²) < 4.78 is 2.79. The standard InChI is InChI=1S/C52H47BN2/c1-29-22-37-34-17-13-18-35-38-25-31-14-9-10-15-32(31)48(38)55(49(34)35)53-43-27-40-36(33-16-11-12-19-39(33)52(40,7)8)26-45(43)54(46(23-29)47(37)53)44-28-42-41(24-30(44)2)50(3,4)20-21-51(42,5)6/h9-19,22-24,26-28H,20-21,25H2,1-8H3. The van der Waals surface area contributed by atoms with Gasteiger partial charge in [-0.05, 0) is 128 Å². The molecule has 0 unspecified atom stereocenters. The number of aryl methyl sites for hydroxylation is 2. The Bertz CT molecular complexity index is 2920. The highest BCUT2D eigenvalue weighted by atomic mass is 15.2. The monoisotopic (exact) mass is 710 g/mol. The van der Waals surface area contributed by atoms with E-state index >= 15 is 0 Å². The zero-order valence-corrected chi connectivity index (χ0v) is 33.4. The normalized spacial score (nSPS) is 18.0. The van der Waals surface area contributed by atoms with Crippen molar-refractivity contribution in [1.29, 1.82) is 0 Å². The molecule has 55 heavy (non-hydrogen) atoms. The number of fused-ring (bicyclic) bond motifs is 13. The fourth-order valence-corrected chi connectivity index (χ4v) is 11.9. The van der Waals surface area contributed by atoms with Crippen LogP contribution in [0.25, 0.3) is 44.4 Å². The fraction of sp³-hybridized carbons (Fsp3) is 0.269. The molecule has 0 saturated heterocycles. The van der Waals surface area contributed by atoms with Gasteiger partial charge in [0.15, 0.2) is 0 Å². The molecule has 3 heterocycles. The smallest absolute Gasteiger partial charge is 0.333 e. The van der Waals surface area contributed by atoms with Gasteiger partial charge in [-0.1, -0.05) is 126 Å². The third-order valence-corrected chi connectivity index (χ3v) is 14.8. The van der Waals surface area contributed by atoms with E-state index < -0.39 is 0 Å². The Kier molecular flexibility index (Phi) is 5.89. The molecule has 7 aromatic rings. The summed E-state index contributed by atoms with van der Waals surface area (Å²) in [5.41, 5.74) is 28.1. The summed E-state index contributed by atoms with van der Waals surface area (Å²) in [5.74, 6) is 0. The van der Waals surface area contributed by atoms with Crippen LogP contribution in [-0.4, -0.2) is 11.3 Å². The highest BCUT2D eigenvalue weighted by Gasteiger charge is 2.48. The SMILES string of the molecule is Cc1cc2c3c(c1)N(c1cc4c(cc1C)C(C)(C)CCC4(C)C)c1cc4c(cc1B3n1c3c(c5cccc-2c51)Cc1ccccc1-3)C(C)(C)c1ccccc1-4. The van der Waals surface area contributed by atoms with Crippen LogP contribution < -0.4 is 15.8 Å². The second-order valence-electron chi connectivity index (χ2n) is 19.3. The zero-order chi connectivity index (χ0) is 37.5. The number of aromatic nitrogens is 1. The highest BCUT2D eigenvalue weighted by Crippen LogP contribution is 2.55. The van der Waals surface area contributed by atoms with E-state index in [1.54, 1.807) is 0 Å². The van der Waals surface area contributed by atoms with Gasteiger partial charge >= 0.3 is 6.85 Å². The maximum absolute atomic E-state index is 2.79. The summed E-state index contributed by atoms with van der Waals surface area (Å²) in [7, 11) is 0. The van der Waals surface area contributed by atoms with E-state index in [0.717, 1.165) is 6.42 Å². The van der Waals surface area contributed by atoms with Gasteiger partial charge in [-0.3, -0.25) is 0 Å². The number of para-hydroxylation sites is 1. The van der Waals surface area contributed by atoms with Gasteiger partial charge < -0.3 is 9.38 Å². The zero-order valence-electron chi connectivity index (χ0n) is 33.4. The Morgan fingerprint density at radius 1 is 0.564 bits per heavy atom. The molecule has 0 saturated carbocycles. The Morgan fingerprint density at radius 2 is 1.27 bits per heavy atom. The molecule has 0 radical (unpaired) electrons. The topological polar surface area (TPSA) is 8.17 Å². The molecule has 0 amide bonds. The van der Waals surface area contributed by atoms with E-state index in [2.05, 4.69) is 168 Å². The molecule has 1 aromatic heterocycles. The number of hydrogen-bond acceptors (Lipinski definition) is 1. The van der Waals surface area contributed by atoms with E-state index in [4.69, 9.17) is 0 Å². The van der Waals surface area contributed by atoms with Crippen LogP contribution in [0.4, 0.5) is 17.1 Å². The predicted molar refractivity (Wildman–Crippen MR) is 233 cm³/mol. The summed E-state index contributed by atoms with van der Waals surface area (Å²) >= 11 is 0. The average Bonchev–Trinajstić information content (AvgIpc) is 3.77. The lowest BCUT2D eigenvalue weighted by Gasteiger charge is -2.45. The van der Waals surface area contributed by atoms with Crippen LogP contribution in [-0.2, 0) is 22.7 Å². The van der Waals surface area contributed by atoms with Crippen molar-refractivity contribution >= 4 is 45.7 Å². The second kappa shape index (κ2) is 10.1. The Labute approximate surface area is 326 Å². The highest BCUT2D eigenvalue weighted by molar-refractivity contribution is 6.89. The molecule has 268 valence electrons. The lowest BCUT2D eigenvalue weighted by molar-refractivity contribution is 0.332. The van der Waals surface area contributed by atoms with E-state index in [0.29, 0.717) is 0 Å². The van der Waals surface area contributed by atoms with Crippen molar-refractivity contribution in [1.82, 2.24) is 4.48 Å². The molecule has 0 atom stereocenters. The number of benzene rings is 6. The molecule has 0 N–H and O–H groups in total. The minimum atomic E-state index is -0.105. The number of rotatable bonds is 1. The summed E-state index contributed by atoms with van der Waals surface area (Å²) in [5, 5.41) is 1.41. The minimum absolute atomic E-state index is 0.0438. The molecular formula is C52H47BN2. The molecule has 2 nitrogen and oxygen atoms in total. The van der Waals surface area contributed by atoms with Gasteiger partial charge in [0, 0.05) is 56.6 Å². The van der Waals surface area contributed by atoms with Crippen LogP contribution in [0.1, 0.15) is 98.9 Å². The van der Waals surface area contributed by atoms with Crippen molar-refractivity contribution in [2.45, 2.75) is 90.9 Å². The predicted octanol–water partition coefficient (Wildman–Crippen LogP) is 11.9. The first-order valence-electron chi connectivity index (χ1n) is 20.5. The maximum atomic E-state index is 2.79. The van der Waals surface area contributed by atoms with Crippen molar-refractivity contribution in [2.24, 2.45) is 0 Å². The Balaban J connectivity index is 1.24. The van der Waals surface area contributed by atoms with Gasteiger partial charge in [0.05, 0.1) is 0 Å². The third kappa shape index (κ3) is 3.87. The van der Waals surface area contributed by atoms with Crippen LogP contribution in [0.2, 0.25) is 0 Å². The quantitative estimate of drug-likeness (QED) is 0.154. The molecule has 12 rings (SSSR count). The molecule has 6 aromatic carbocycles. The molecule has 0 spiro atoms. The fourth-order valence-electron chi connectivity index (χ4n) is 11.9. The summed E-state index contributed by atoms with van der Waals surface area (Å²) in [6.07, 6.45) is 3.39. The molecule has 0 bridgehead atoms. The van der Waals surface area contributed by atoms with E-state index in [9.17, 15) is 0 Å². The summed E-state index contributed by atoms with van der Waals surface area (Å²) in [6.45, 7) is 19.4. The first-order chi connectivity index (χ1) is 26.3. The van der Waals surface area contributed by atoms with Crippen LogP contribution in [0.3, 0.4) is 0 Å². The van der Waals surface area contributed by atoms with Crippen molar-refractivity contribution in [2.75, 3.05) is 4.90 Å². The first kappa shape index (κ1) is 32.0. The van der Waals surface area contributed by atoms with Crippen molar-refractivity contribution < 1.29 is 0 Å². The van der Waals surface area contributed by atoms with Crippen molar-refractivity contribution in [3.63, 3.8) is 0 Å². The number of nitrogens with zero attached hydrogens (tertiary/aromatic N) is 2. The van der Waals surface area contributed by atoms with Crippen LogP contribution in [0, 0.1) is 13.8 Å². The van der Waals surface area contributed by atoms with E-state index in [-0.39, 0.29) is 23.1 Å². The van der Waals surface area contributed by atoms with Gasteiger partial charge in [-0.2, -0.15) is 0 Å².